The Morgan fingerprint density at radius 1 is 1.27 bits per heavy atom. The monoisotopic (exact) mass is 298 g/mol. The molecular weight excluding hydrogens is 276 g/mol. The number of hydrogen-bond acceptors (Lipinski definition) is 3. The van der Waals surface area contributed by atoms with Crippen LogP contribution in [-0.2, 0) is 11.3 Å². The molecule has 5 heteroatoms. The first-order valence-electron chi connectivity index (χ1n) is 7.81. The number of carbonyl (C=O) groups is 1. The standard InChI is InChI=1S/C17H22N4O/c18-13-17(8-4-5-9-17)16(22)19-10-14-11-20-21(12-14)15-6-2-1-3-7-15/h1-3,6-7,11-12H,4-5,8-10,13,18H2,(H,19,22). The Hall–Kier alpha value is -2.14. The number of para-hydroxylation sites is 1. The Labute approximate surface area is 130 Å². The number of amides is 1. The third-order valence-electron chi connectivity index (χ3n) is 4.54. The van der Waals surface area contributed by atoms with Crippen molar-refractivity contribution < 1.29 is 4.79 Å². The lowest BCUT2D eigenvalue weighted by atomic mass is 9.85. The van der Waals surface area contributed by atoms with E-state index in [1.54, 1.807) is 6.20 Å². The number of nitrogens with two attached hydrogens (primary N) is 1. The smallest absolute Gasteiger partial charge is 0.227 e. The Morgan fingerprint density at radius 2 is 2.00 bits per heavy atom. The predicted molar refractivity (Wildman–Crippen MR) is 85.4 cm³/mol. The fraction of sp³-hybridized carbons (Fsp3) is 0.412. The van der Waals surface area contributed by atoms with E-state index in [-0.39, 0.29) is 11.3 Å². The number of hydrogen-bond donors (Lipinski definition) is 2. The summed E-state index contributed by atoms with van der Waals surface area (Å²) >= 11 is 0. The quantitative estimate of drug-likeness (QED) is 0.887. The van der Waals surface area contributed by atoms with Crippen molar-refractivity contribution in [3.05, 3.63) is 48.3 Å². The van der Waals surface area contributed by atoms with Gasteiger partial charge in [-0.05, 0) is 25.0 Å². The van der Waals surface area contributed by atoms with Gasteiger partial charge in [0.15, 0.2) is 0 Å². The maximum Gasteiger partial charge on any atom is 0.227 e. The van der Waals surface area contributed by atoms with Crippen LogP contribution in [0.15, 0.2) is 42.7 Å². The van der Waals surface area contributed by atoms with Gasteiger partial charge in [0.2, 0.25) is 5.91 Å². The molecule has 0 unspecified atom stereocenters. The van der Waals surface area contributed by atoms with Crippen molar-refractivity contribution in [1.29, 1.82) is 0 Å². The maximum absolute atomic E-state index is 12.4. The zero-order valence-electron chi connectivity index (χ0n) is 12.7. The van der Waals surface area contributed by atoms with E-state index in [0.717, 1.165) is 36.9 Å². The summed E-state index contributed by atoms with van der Waals surface area (Å²) in [5.74, 6) is 0.0833. The molecule has 0 atom stereocenters. The molecule has 1 aromatic carbocycles. The van der Waals surface area contributed by atoms with Gasteiger partial charge < -0.3 is 11.1 Å². The van der Waals surface area contributed by atoms with Crippen molar-refractivity contribution in [1.82, 2.24) is 15.1 Å². The van der Waals surface area contributed by atoms with E-state index in [1.165, 1.54) is 0 Å². The van der Waals surface area contributed by atoms with Crippen molar-refractivity contribution in [2.24, 2.45) is 11.1 Å². The minimum atomic E-state index is -0.352. The molecule has 0 saturated heterocycles. The van der Waals surface area contributed by atoms with Crippen molar-refractivity contribution in [2.45, 2.75) is 32.2 Å². The summed E-state index contributed by atoms with van der Waals surface area (Å²) in [5, 5.41) is 7.37. The van der Waals surface area contributed by atoms with Crippen LogP contribution < -0.4 is 11.1 Å². The van der Waals surface area contributed by atoms with Gasteiger partial charge in [0.1, 0.15) is 0 Å². The molecule has 1 fully saturated rings. The highest BCUT2D eigenvalue weighted by atomic mass is 16.2. The van der Waals surface area contributed by atoms with Gasteiger partial charge in [-0.15, -0.1) is 0 Å². The summed E-state index contributed by atoms with van der Waals surface area (Å²) in [6.07, 6.45) is 7.72. The minimum Gasteiger partial charge on any atom is -0.351 e. The molecular formula is C17H22N4O. The average Bonchev–Trinajstić information content (AvgIpc) is 3.23. The molecule has 0 radical (unpaired) electrons. The van der Waals surface area contributed by atoms with Gasteiger partial charge in [-0.25, -0.2) is 4.68 Å². The van der Waals surface area contributed by atoms with Gasteiger partial charge in [0.25, 0.3) is 0 Å². The zero-order chi connectivity index (χ0) is 15.4. The minimum absolute atomic E-state index is 0.0833. The van der Waals surface area contributed by atoms with Gasteiger partial charge in [0, 0.05) is 24.8 Å². The van der Waals surface area contributed by atoms with E-state index in [4.69, 9.17) is 5.73 Å². The van der Waals surface area contributed by atoms with Crippen LogP contribution in [0.25, 0.3) is 5.69 Å². The fourth-order valence-corrected chi connectivity index (χ4v) is 3.12. The number of nitrogens with one attached hydrogen (secondary N) is 1. The van der Waals surface area contributed by atoms with Crippen LogP contribution in [0.4, 0.5) is 0 Å². The summed E-state index contributed by atoms with van der Waals surface area (Å²) < 4.78 is 1.82. The Bertz CT molecular complexity index is 629. The Morgan fingerprint density at radius 3 is 2.68 bits per heavy atom. The molecule has 0 spiro atoms. The molecule has 5 nitrogen and oxygen atoms in total. The van der Waals surface area contributed by atoms with Gasteiger partial charge in [-0.2, -0.15) is 5.10 Å². The molecule has 1 aliphatic rings. The van der Waals surface area contributed by atoms with Gasteiger partial charge in [-0.1, -0.05) is 31.0 Å². The molecule has 1 aromatic heterocycles. The Balaban J connectivity index is 1.63. The van der Waals surface area contributed by atoms with Crippen LogP contribution in [0.5, 0.6) is 0 Å². The summed E-state index contributed by atoms with van der Waals surface area (Å²) in [7, 11) is 0. The first-order valence-corrected chi connectivity index (χ1v) is 7.81. The van der Waals surface area contributed by atoms with Gasteiger partial charge >= 0.3 is 0 Å². The van der Waals surface area contributed by atoms with Crippen LogP contribution in [0.1, 0.15) is 31.2 Å². The van der Waals surface area contributed by atoms with Crippen LogP contribution in [0.3, 0.4) is 0 Å². The highest BCUT2D eigenvalue weighted by molar-refractivity contribution is 5.83. The lowest BCUT2D eigenvalue weighted by Gasteiger charge is -2.25. The molecule has 22 heavy (non-hydrogen) atoms. The molecule has 0 bridgehead atoms. The molecule has 116 valence electrons. The van der Waals surface area contributed by atoms with E-state index in [0.29, 0.717) is 13.1 Å². The third-order valence-corrected chi connectivity index (χ3v) is 4.54. The first-order chi connectivity index (χ1) is 10.7. The van der Waals surface area contributed by atoms with Crippen molar-refractivity contribution in [2.75, 3.05) is 6.54 Å². The molecule has 2 aromatic rings. The summed E-state index contributed by atoms with van der Waals surface area (Å²) in [4.78, 5) is 12.4. The number of carbonyl (C=O) groups excluding carboxylic acids is 1. The fourth-order valence-electron chi connectivity index (χ4n) is 3.12. The zero-order valence-corrected chi connectivity index (χ0v) is 12.7. The van der Waals surface area contributed by atoms with E-state index in [1.807, 2.05) is 41.2 Å². The molecule has 1 aliphatic carbocycles. The van der Waals surface area contributed by atoms with E-state index in [9.17, 15) is 4.79 Å². The van der Waals surface area contributed by atoms with Gasteiger partial charge in [0.05, 0.1) is 17.3 Å². The normalized spacial score (nSPS) is 16.6. The van der Waals surface area contributed by atoms with Crippen LogP contribution in [0.2, 0.25) is 0 Å². The van der Waals surface area contributed by atoms with Crippen molar-refractivity contribution in [3.8, 4) is 5.69 Å². The second-order valence-electron chi connectivity index (χ2n) is 6.00. The molecule has 1 saturated carbocycles. The highest BCUT2D eigenvalue weighted by Gasteiger charge is 2.39. The van der Waals surface area contributed by atoms with Gasteiger partial charge in [-0.3, -0.25) is 4.79 Å². The van der Waals surface area contributed by atoms with Crippen LogP contribution >= 0.6 is 0 Å². The molecule has 1 heterocycles. The third kappa shape index (κ3) is 2.90. The van der Waals surface area contributed by atoms with E-state index >= 15 is 0 Å². The molecule has 0 aliphatic heterocycles. The largest absolute Gasteiger partial charge is 0.351 e. The predicted octanol–water partition coefficient (Wildman–Crippen LogP) is 2.01. The summed E-state index contributed by atoms with van der Waals surface area (Å²) in [6.45, 7) is 0.926. The van der Waals surface area contributed by atoms with Crippen molar-refractivity contribution in [3.63, 3.8) is 0 Å². The number of nitrogens with zero attached hydrogens (tertiary/aromatic N) is 2. The van der Waals surface area contributed by atoms with E-state index in [2.05, 4.69) is 10.4 Å². The summed E-state index contributed by atoms with van der Waals surface area (Å²) in [6, 6.07) is 9.92. The number of rotatable bonds is 5. The lowest BCUT2D eigenvalue weighted by Crippen LogP contribution is -2.43. The van der Waals surface area contributed by atoms with Crippen LogP contribution in [-0.4, -0.2) is 22.2 Å². The Kier molecular flexibility index (Phi) is 4.24. The average molecular weight is 298 g/mol. The SMILES string of the molecule is NCC1(C(=O)NCc2cnn(-c3ccccc3)c2)CCCC1. The van der Waals surface area contributed by atoms with Crippen LogP contribution in [0, 0.1) is 5.41 Å². The highest BCUT2D eigenvalue weighted by Crippen LogP contribution is 2.37. The maximum atomic E-state index is 12.4. The second kappa shape index (κ2) is 6.32. The number of benzene rings is 1. The molecule has 3 N–H and O–H groups in total. The number of aromatic nitrogens is 2. The molecule has 1 amide bonds. The first kappa shape index (κ1) is 14.8. The molecule has 3 rings (SSSR count). The van der Waals surface area contributed by atoms with Crippen molar-refractivity contribution >= 4 is 5.91 Å². The van der Waals surface area contributed by atoms with E-state index < -0.39 is 0 Å². The lowest BCUT2D eigenvalue weighted by molar-refractivity contribution is -0.130. The topological polar surface area (TPSA) is 72.9 Å². The second-order valence-corrected chi connectivity index (χ2v) is 6.00. The summed E-state index contributed by atoms with van der Waals surface area (Å²) in [5.41, 5.74) is 7.49.